The molecule has 1 aliphatic rings. The highest BCUT2D eigenvalue weighted by Crippen LogP contribution is 2.37. The minimum Gasteiger partial charge on any atom is -0.388 e. The molecule has 0 aromatic rings. The minimum atomic E-state index is -0.583. The number of aliphatic hydroxyl groups is 1. The molecule has 108 valence electrons. The molecule has 0 aromatic carbocycles. The van der Waals surface area contributed by atoms with Crippen LogP contribution < -0.4 is 5.73 Å². The van der Waals surface area contributed by atoms with E-state index >= 15 is 0 Å². The topological polar surface area (TPSA) is 49.5 Å². The molecule has 0 aliphatic heterocycles. The molecule has 1 fully saturated rings. The predicted molar refractivity (Wildman–Crippen MR) is 77.5 cm³/mol. The second-order valence-corrected chi connectivity index (χ2v) is 6.67. The first-order chi connectivity index (χ1) is 8.39. The van der Waals surface area contributed by atoms with E-state index in [0.717, 1.165) is 38.8 Å². The molecule has 3 N–H and O–H groups in total. The molecule has 1 aliphatic carbocycles. The van der Waals surface area contributed by atoms with Crippen molar-refractivity contribution < 1.29 is 5.11 Å². The van der Waals surface area contributed by atoms with Crippen molar-refractivity contribution in [3.8, 4) is 0 Å². The smallest absolute Gasteiger partial charge is 0.0797 e. The molecule has 3 heteroatoms. The summed E-state index contributed by atoms with van der Waals surface area (Å²) in [6.45, 7) is 11.7. The van der Waals surface area contributed by atoms with Crippen molar-refractivity contribution >= 4 is 0 Å². The Labute approximate surface area is 113 Å². The molecule has 18 heavy (non-hydrogen) atoms. The van der Waals surface area contributed by atoms with Crippen LogP contribution in [-0.2, 0) is 0 Å². The number of hydrogen-bond acceptors (Lipinski definition) is 3. The van der Waals surface area contributed by atoms with E-state index in [-0.39, 0.29) is 0 Å². The molecular weight excluding hydrogens is 224 g/mol. The van der Waals surface area contributed by atoms with Gasteiger partial charge in [-0.25, -0.2) is 0 Å². The highest BCUT2D eigenvalue weighted by Gasteiger charge is 2.39. The van der Waals surface area contributed by atoms with Crippen molar-refractivity contribution in [3.63, 3.8) is 0 Å². The fourth-order valence-electron chi connectivity index (χ4n) is 3.16. The summed E-state index contributed by atoms with van der Waals surface area (Å²) >= 11 is 0. The van der Waals surface area contributed by atoms with Gasteiger partial charge >= 0.3 is 0 Å². The maximum absolute atomic E-state index is 10.4. The first-order valence-electron chi connectivity index (χ1n) is 7.55. The summed E-state index contributed by atoms with van der Waals surface area (Å²) in [6, 6.07) is 0.583. The third-order valence-electron chi connectivity index (χ3n) is 4.37. The maximum Gasteiger partial charge on any atom is 0.0797 e. The molecular formula is C15H32N2O. The quantitative estimate of drug-likeness (QED) is 0.734. The first kappa shape index (κ1) is 15.9. The Balaban J connectivity index is 2.46. The highest BCUT2D eigenvalue weighted by molar-refractivity contribution is 4.93. The van der Waals surface area contributed by atoms with Crippen molar-refractivity contribution in [1.82, 2.24) is 4.90 Å². The molecule has 0 radical (unpaired) electrons. The Hall–Kier alpha value is -0.120. The molecule has 1 rings (SSSR count). The lowest BCUT2D eigenvalue weighted by molar-refractivity contribution is 0.00298. The molecule has 0 saturated heterocycles. The van der Waals surface area contributed by atoms with Gasteiger partial charge in [-0.1, -0.05) is 20.3 Å². The van der Waals surface area contributed by atoms with Crippen LogP contribution in [0, 0.1) is 11.8 Å². The van der Waals surface area contributed by atoms with E-state index in [9.17, 15) is 5.11 Å². The first-order valence-corrected chi connectivity index (χ1v) is 7.55. The highest BCUT2D eigenvalue weighted by atomic mass is 16.3. The Bertz CT molecular complexity index is 243. The zero-order chi connectivity index (χ0) is 13.8. The lowest BCUT2D eigenvalue weighted by atomic mass is 9.88. The molecule has 2 unspecified atom stereocenters. The van der Waals surface area contributed by atoms with E-state index in [1.54, 1.807) is 0 Å². The van der Waals surface area contributed by atoms with Crippen molar-refractivity contribution in [1.29, 1.82) is 0 Å². The van der Waals surface area contributed by atoms with Crippen LogP contribution in [0.3, 0.4) is 0 Å². The van der Waals surface area contributed by atoms with Crippen LogP contribution >= 0.6 is 0 Å². The van der Waals surface area contributed by atoms with E-state index in [0.29, 0.717) is 24.4 Å². The summed E-state index contributed by atoms with van der Waals surface area (Å²) in [6.07, 6.45) is 4.24. The van der Waals surface area contributed by atoms with E-state index in [2.05, 4.69) is 32.6 Å². The standard InChI is InChI=1S/C15H32N2O/c1-12(2)10-17(13(3)4)9-7-14-6-5-8-15(14,18)11-16/h12-14,18H,5-11,16H2,1-4H3. The average molecular weight is 256 g/mol. The van der Waals surface area contributed by atoms with Crippen molar-refractivity contribution in [2.24, 2.45) is 17.6 Å². The van der Waals surface area contributed by atoms with E-state index < -0.39 is 5.60 Å². The molecule has 3 nitrogen and oxygen atoms in total. The van der Waals surface area contributed by atoms with Gasteiger partial charge in [-0.05, 0) is 51.5 Å². The molecule has 0 aromatic heterocycles. The van der Waals surface area contributed by atoms with Crippen LogP contribution in [0.15, 0.2) is 0 Å². The summed E-state index contributed by atoms with van der Waals surface area (Å²) in [7, 11) is 0. The van der Waals surface area contributed by atoms with Gasteiger partial charge in [0.05, 0.1) is 5.60 Å². The van der Waals surface area contributed by atoms with Crippen LogP contribution in [0.5, 0.6) is 0 Å². The van der Waals surface area contributed by atoms with Gasteiger partial charge in [0, 0.05) is 19.1 Å². The molecule has 0 bridgehead atoms. The van der Waals surface area contributed by atoms with Crippen molar-refractivity contribution in [2.75, 3.05) is 19.6 Å². The largest absolute Gasteiger partial charge is 0.388 e. The summed E-state index contributed by atoms with van der Waals surface area (Å²) in [5.74, 6) is 1.10. The second-order valence-electron chi connectivity index (χ2n) is 6.67. The Morgan fingerprint density at radius 2 is 2.00 bits per heavy atom. The SMILES string of the molecule is CC(C)CN(CCC1CCCC1(O)CN)C(C)C. The third kappa shape index (κ3) is 4.22. The van der Waals surface area contributed by atoms with Gasteiger partial charge < -0.3 is 15.7 Å². The van der Waals surface area contributed by atoms with Crippen LogP contribution in [0.4, 0.5) is 0 Å². The summed E-state index contributed by atoms with van der Waals surface area (Å²) in [5.41, 5.74) is 5.16. The summed E-state index contributed by atoms with van der Waals surface area (Å²) in [4.78, 5) is 2.53. The lowest BCUT2D eigenvalue weighted by Gasteiger charge is -2.33. The fraction of sp³-hybridized carbons (Fsp3) is 1.00. The van der Waals surface area contributed by atoms with Gasteiger partial charge in [0.25, 0.3) is 0 Å². The normalized spacial score (nSPS) is 28.8. The van der Waals surface area contributed by atoms with E-state index in [4.69, 9.17) is 5.73 Å². The Morgan fingerprint density at radius 1 is 1.33 bits per heavy atom. The molecule has 0 spiro atoms. The number of hydrogen-bond donors (Lipinski definition) is 2. The second kappa shape index (κ2) is 6.88. The Kier molecular flexibility index (Phi) is 6.09. The maximum atomic E-state index is 10.4. The molecule has 0 heterocycles. The van der Waals surface area contributed by atoms with Crippen molar-refractivity contribution in [3.05, 3.63) is 0 Å². The van der Waals surface area contributed by atoms with Gasteiger partial charge in [-0.2, -0.15) is 0 Å². The lowest BCUT2D eigenvalue weighted by Crippen LogP contribution is -2.43. The van der Waals surface area contributed by atoms with Crippen LogP contribution in [0.2, 0.25) is 0 Å². The summed E-state index contributed by atoms with van der Waals surface area (Å²) in [5, 5.41) is 10.4. The van der Waals surface area contributed by atoms with Gasteiger partial charge in [0.2, 0.25) is 0 Å². The summed E-state index contributed by atoms with van der Waals surface area (Å²) < 4.78 is 0. The van der Waals surface area contributed by atoms with Gasteiger partial charge in [-0.15, -0.1) is 0 Å². The van der Waals surface area contributed by atoms with Gasteiger partial charge in [0.15, 0.2) is 0 Å². The fourth-order valence-corrected chi connectivity index (χ4v) is 3.16. The zero-order valence-electron chi connectivity index (χ0n) is 12.7. The van der Waals surface area contributed by atoms with E-state index in [1.165, 1.54) is 0 Å². The Morgan fingerprint density at radius 3 is 2.50 bits per heavy atom. The average Bonchev–Trinajstić information content (AvgIpc) is 2.66. The van der Waals surface area contributed by atoms with Crippen LogP contribution in [0.25, 0.3) is 0 Å². The predicted octanol–water partition coefficient (Wildman–Crippen LogP) is 2.23. The van der Waals surface area contributed by atoms with E-state index in [1.807, 2.05) is 0 Å². The number of nitrogens with two attached hydrogens (primary N) is 1. The number of rotatable bonds is 7. The van der Waals surface area contributed by atoms with Gasteiger partial charge in [-0.3, -0.25) is 0 Å². The zero-order valence-corrected chi connectivity index (χ0v) is 12.7. The molecule has 1 saturated carbocycles. The molecule has 2 atom stereocenters. The minimum absolute atomic E-state index is 0.399. The van der Waals surface area contributed by atoms with Gasteiger partial charge in [0.1, 0.15) is 0 Å². The third-order valence-corrected chi connectivity index (χ3v) is 4.37. The van der Waals surface area contributed by atoms with Crippen LogP contribution in [-0.4, -0.2) is 41.3 Å². The number of nitrogens with zero attached hydrogens (tertiary/aromatic N) is 1. The van der Waals surface area contributed by atoms with Crippen LogP contribution in [0.1, 0.15) is 53.4 Å². The molecule has 0 amide bonds. The van der Waals surface area contributed by atoms with Crippen molar-refractivity contribution in [2.45, 2.75) is 65.0 Å². The monoisotopic (exact) mass is 256 g/mol.